The molecule has 1 aromatic carbocycles. The van der Waals surface area contributed by atoms with E-state index >= 15 is 0 Å². The molecule has 0 amide bonds. The molecular formula is C11H7NO. The molecule has 2 aromatic heterocycles. The summed E-state index contributed by atoms with van der Waals surface area (Å²) in [4.78, 5) is 4.07. The lowest BCUT2D eigenvalue weighted by molar-refractivity contribution is 0.616. The van der Waals surface area contributed by atoms with Crippen molar-refractivity contribution in [3.63, 3.8) is 0 Å². The molecule has 2 heterocycles. The largest absolute Gasteiger partial charge is 0.464 e. The number of fused-ring (bicyclic) bond motifs is 3. The van der Waals surface area contributed by atoms with Gasteiger partial charge >= 0.3 is 0 Å². The van der Waals surface area contributed by atoms with E-state index in [0.29, 0.717) is 0 Å². The Hall–Kier alpha value is -1.83. The summed E-state index contributed by atoms with van der Waals surface area (Å²) >= 11 is 0. The van der Waals surface area contributed by atoms with Gasteiger partial charge in [-0.2, -0.15) is 0 Å². The first-order valence-corrected chi connectivity index (χ1v) is 4.15. The lowest BCUT2D eigenvalue weighted by Gasteiger charge is -1.96. The van der Waals surface area contributed by atoms with Crippen LogP contribution in [0.3, 0.4) is 0 Å². The van der Waals surface area contributed by atoms with E-state index in [0.717, 1.165) is 16.4 Å². The molecule has 13 heavy (non-hydrogen) atoms. The fourth-order valence-electron chi connectivity index (χ4n) is 1.62. The minimum atomic E-state index is 0.929. The van der Waals surface area contributed by atoms with Crippen LogP contribution < -0.4 is 0 Å². The Labute approximate surface area is 74.8 Å². The van der Waals surface area contributed by atoms with Crippen molar-refractivity contribution in [2.45, 2.75) is 0 Å². The Balaban J connectivity index is 2.65. The highest BCUT2D eigenvalue weighted by Gasteiger charge is 2.00. The van der Waals surface area contributed by atoms with Crippen molar-refractivity contribution < 1.29 is 4.42 Å². The molecule has 0 bridgehead atoms. The molecule has 0 aliphatic rings. The Morgan fingerprint density at radius 2 is 2.00 bits per heavy atom. The van der Waals surface area contributed by atoms with Gasteiger partial charge < -0.3 is 4.42 Å². The number of furan rings is 1. The van der Waals surface area contributed by atoms with Crippen LogP contribution in [0.5, 0.6) is 0 Å². The van der Waals surface area contributed by atoms with Gasteiger partial charge in [0.1, 0.15) is 5.58 Å². The minimum absolute atomic E-state index is 0.929. The van der Waals surface area contributed by atoms with Gasteiger partial charge in [0.25, 0.3) is 0 Å². The fraction of sp³-hybridized carbons (Fsp3) is 0. The smallest absolute Gasteiger partial charge is 0.134 e. The van der Waals surface area contributed by atoms with Gasteiger partial charge in [0.05, 0.1) is 6.26 Å². The van der Waals surface area contributed by atoms with Crippen LogP contribution in [0.15, 0.2) is 47.3 Å². The van der Waals surface area contributed by atoms with Crippen LogP contribution >= 0.6 is 0 Å². The number of pyridine rings is 1. The maximum absolute atomic E-state index is 5.31. The van der Waals surface area contributed by atoms with E-state index in [4.69, 9.17) is 4.42 Å². The van der Waals surface area contributed by atoms with E-state index < -0.39 is 0 Å². The molecule has 0 aliphatic carbocycles. The zero-order chi connectivity index (χ0) is 8.67. The standard InChI is InChI=1S/C11H7NO/c1-2-11-10(4-6-13-11)9-3-5-12-7-8(1)9/h1-7H. The molecule has 2 nitrogen and oxygen atoms in total. The van der Waals surface area contributed by atoms with Crippen molar-refractivity contribution in [2.75, 3.05) is 0 Å². The number of aromatic nitrogens is 1. The second-order valence-corrected chi connectivity index (χ2v) is 2.99. The van der Waals surface area contributed by atoms with Gasteiger partial charge in [-0.15, -0.1) is 0 Å². The predicted octanol–water partition coefficient (Wildman–Crippen LogP) is 2.98. The normalized spacial score (nSPS) is 11.1. The lowest BCUT2D eigenvalue weighted by atomic mass is 10.1. The summed E-state index contributed by atoms with van der Waals surface area (Å²) in [5.74, 6) is 0. The maximum atomic E-state index is 5.31. The Morgan fingerprint density at radius 1 is 1.00 bits per heavy atom. The molecule has 62 valence electrons. The molecule has 0 aliphatic heterocycles. The molecule has 2 heteroatoms. The lowest BCUT2D eigenvalue weighted by Crippen LogP contribution is -1.74. The van der Waals surface area contributed by atoms with Gasteiger partial charge in [0, 0.05) is 23.2 Å². The van der Waals surface area contributed by atoms with Crippen LogP contribution in [0.4, 0.5) is 0 Å². The second-order valence-electron chi connectivity index (χ2n) is 2.99. The average molecular weight is 169 g/mol. The number of rotatable bonds is 0. The molecule has 0 radical (unpaired) electrons. The minimum Gasteiger partial charge on any atom is -0.464 e. The van der Waals surface area contributed by atoms with Gasteiger partial charge in [-0.25, -0.2) is 0 Å². The molecule has 0 unspecified atom stereocenters. The van der Waals surface area contributed by atoms with Gasteiger partial charge in [-0.1, -0.05) is 0 Å². The van der Waals surface area contributed by atoms with E-state index in [1.165, 1.54) is 5.39 Å². The number of hydrogen-bond acceptors (Lipinski definition) is 2. The monoisotopic (exact) mass is 169 g/mol. The van der Waals surface area contributed by atoms with Gasteiger partial charge in [0.15, 0.2) is 0 Å². The second kappa shape index (κ2) is 2.33. The van der Waals surface area contributed by atoms with Gasteiger partial charge in [-0.05, 0) is 29.7 Å². The molecule has 0 saturated carbocycles. The zero-order valence-electron chi connectivity index (χ0n) is 6.90. The van der Waals surface area contributed by atoms with Gasteiger partial charge in [-0.3, -0.25) is 4.98 Å². The van der Waals surface area contributed by atoms with Crippen molar-refractivity contribution in [1.82, 2.24) is 4.98 Å². The Kier molecular flexibility index (Phi) is 1.19. The Bertz CT molecular complexity index is 568. The van der Waals surface area contributed by atoms with Crippen molar-refractivity contribution in [3.05, 3.63) is 42.9 Å². The topological polar surface area (TPSA) is 26.0 Å². The van der Waals surface area contributed by atoms with Crippen LogP contribution in [0.2, 0.25) is 0 Å². The molecule has 0 fully saturated rings. The Morgan fingerprint density at radius 3 is 3.00 bits per heavy atom. The van der Waals surface area contributed by atoms with Crippen LogP contribution in [0, 0.1) is 0 Å². The highest BCUT2D eigenvalue weighted by atomic mass is 16.3. The molecule has 0 N–H and O–H groups in total. The summed E-state index contributed by atoms with van der Waals surface area (Å²) in [6.45, 7) is 0. The molecule has 0 saturated heterocycles. The van der Waals surface area contributed by atoms with E-state index in [1.807, 2.05) is 30.5 Å². The summed E-state index contributed by atoms with van der Waals surface area (Å²) in [6, 6.07) is 7.98. The number of hydrogen-bond donors (Lipinski definition) is 0. The predicted molar refractivity (Wildman–Crippen MR) is 51.5 cm³/mol. The zero-order valence-corrected chi connectivity index (χ0v) is 6.90. The molecule has 3 rings (SSSR count). The third kappa shape index (κ3) is 0.855. The molecule has 0 atom stereocenters. The maximum Gasteiger partial charge on any atom is 0.134 e. The van der Waals surface area contributed by atoms with Crippen LogP contribution in [-0.4, -0.2) is 4.98 Å². The number of benzene rings is 1. The first kappa shape index (κ1) is 6.66. The molecule has 3 aromatic rings. The third-order valence-corrected chi connectivity index (χ3v) is 2.25. The number of nitrogens with zero attached hydrogens (tertiary/aromatic N) is 1. The SMILES string of the molecule is c1cc2c(ccc3occc32)cn1. The summed E-state index contributed by atoms with van der Waals surface area (Å²) in [5, 5.41) is 3.50. The van der Waals surface area contributed by atoms with Crippen molar-refractivity contribution >= 4 is 21.7 Å². The van der Waals surface area contributed by atoms with Crippen LogP contribution in [0.25, 0.3) is 21.7 Å². The van der Waals surface area contributed by atoms with Crippen molar-refractivity contribution in [1.29, 1.82) is 0 Å². The van der Waals surface area contributed by atoms with E-state index in [1.54, 1.807) is 12.5 Å². The average Bonchev–Trinajstić information content (AvgIpc) is 2.65. The highest BCUT2D eigenvalue weighted by molar-refractivity contribution is 6.05. The summed E-state index contributed by atoms with van der Waals surface area (Å²) in [6.07, 6.45) is 5.38. The van der Waals surface area contributed by atoms with Crippen LogP contribution in [0.1, 0.15) is 0 Å². The van der Waals surface area contributed by atoms with Crippen LogP contribution in [-0.2, 0) is 0 Å². The highest BCUT2D eigenvalue weighted by Crippen LogP contribution is 2.24. The van der Waals surface area contributed by atoms with Gasteiger partial charge in [0.2, 0.25) is 0 Å². The van der Waals surface area contributed by atoms with Crippen molar-refractivity contribution in [2.24, 2.45) is 0 Å². The van der Waals surface area contributed by atoms with E-state index in [9.17, 15) is 0 Å². The summed E-state index contributed by atoms with van der Waals surface area (Å²) < 4.78 is 5.31. The van der Waals surface area contributed by atoms with E-state index in [2.05, 4.69) is 4.98 Å². The first-order chi connectivity index (χ1) is 6.45. The quantitative estimate of drug-likeness (QED) is 0.517. The first-order valence-electron chi connectivity index (χ1n) is 4.15. The summed E-state index contributed by atoms with van der Waals surface area (Å²) in [7, 11) is 0. The summed E-state index contributed by atoms with van der Waals surface area (Å²) in [5.41, 5.74) is 0.929. The molecule has 0 spiro atoms. The van der Waals surface area contributed by atoms with E-state index in [-0.39, 0.29) is 0 Å². The van der Waals surface area contributed by atoms with Crippen molar-refractivity contribution in [3.8, 4) is 0 Å². The fourth-order valence-corrected chi connectivity index (χ4v) is 1.62. The molecular weight excluding hydrogens is 162 g/mol. The third-order valence-electron chi connectivity index (χ3n) is 2.25.